The lowest BCUT2D eigenvalue weighted by Crippen LogP contribution is -2.37. The third kappa shape index (κ3) is 4.65. The second-order valence-electron chi connectivity index (χ2n) is 4.15. The van der Waals surface area contributed by atoms with E-state index in [1.807, 2.05) is 12.2 Å². The van der Waals surface area contributed by atoms with Crippen molar-refractivity contribution in [2.75, 3.05) is 6.61 Å². The van der Waals surface area contributed by atoms with Gasteiger partial charge in [0.15, 0.2) is 6.61 Å². The Hall–Kier alpha value is -1.89. The molecule has 0 aliphatic rings. The van der Waals surface area contributed by atoms with E-state index in [1.165, 1.54) is 16.2 Å². The number of amides is 3. The molecule has 1 rings (SSSR count). The first-order valence-corrected chi connectivity index (χ1v) is 7.17. The van der Waals surface area contributed by atoms with Crippen molar-refractivity contribution in [1.29, 1.82) is 0 Å². The fourth-order valence-corrected chi connectivity index (χ4v) is 2.93. The van der Waals surface area contributed by atoms with E-state index >= 15 is 0 Å². The van der Waals surface area contributed by atoms with Gasteiger partial charge in [-0.15, -0.1) is 11.3 Å². The highest BCUT2D eigenvalue weighted by molar-refractivity contribution is 7.14. The monoisotopic (exact) mass is 298 g/mol. The predicted octanol–water partition coefficient (Wildman–Crippen LogP) is 1.61. The number of thiophene rings is 1. The molecule has 20 heavy (non-hydrogen) atoms. The molecule has 7 heteroatoms. The molecule has 1 aromatic rings. The van der Waals surface area contributed by atoms with E-state index in [0.717, 1.165) is 24.8 Å². The zero-order chi connectivity index (χ0) is 15.1. The molecule has 0 aliphatic carbocycles. The molecule has 110 valence electrons. The second kappa shape index (κ2) is 7.64. The molecule has 0 unspecified atom stereocenters. The molecule has 3 amide bonds. The molecule has 0 spiro atoms. The van der Waals surface area contributed by atoms with Gasteiger partial charge in [0.1, 0.15) is 4.88 Å². The number of nitrogens with one attached hydrogen (secondary N) is 1. The van der Waals surface area contributed by atoms with Crippen molar-refractivity contribution in [3.63, 3.8) is 0 Å². The van der Waals surface area contributed by atoms with Crippen molar-refractivity contribution < 1.29 is 19.1 Å². The minimum Gasteiger partial charge on any atom is -0.451 e. The molecule has 0 fully saturated rings. The molecular weight excluding hydrogens is 280 g/mol. The minimum atomic E-state index is -0.972. The van der Waals surface area contributed by atoms with Crippen LogP contribution in [-0.4, -0.2) is 24.5 Å². The highest BCUT2D eigenvalue weighted by Crippen LogP contribution is 2.25. The number of hydrogen-bond acceptors (Lipinski definition) is 5. The summed E-state index contributed by atoms with van der Waals surface area (Å²) in [6.45, 7) is 3.58. The topological polar surface area (TPSA) is 98.5 Å². The zero-order valence-corrected chi connectivity index (χ0v) is 12.3. The second-order valence-corrected chi connectivity index (χ2v) is 5.29. The number of ether oxygens (including phenoxy) is 1. The maximum Gasteiger partial charge on any atom is 0.348 e. The SMILES string of the molecule is CCCc1sc(C(=O)OCC(=O)NC(N)=O)cc1CC. The fraction of sp³-hybridized carbons (Fsp3) is 0.462. The molecule has 0 saturated carbocycles. The number of urea groups is 1. The number of imide groups is 1. The molecule has 0 radical (unpaired) electrons. The first kappa shape index (κ1) is 16.2. The lowest BCUT2D eigenvalue weighted by atomic mass is 10.1. The van der Waals surface area contributed by atoms with Gasteiger partial charge in [0.05, 0.1) is 0 Å². The van der Waals surface area contributed by atoms with Gasteiger partial charge in [0.2, 0.25) is 0 Å². The number of carbonyl (C=O) groups excluding carboxylic acids is 3. The number of nitrogens with two attached hydrogens (primary N) is 1. The quantitative estimate of drug-likeness (QED) is 0.779. The van der Waals surface area contributed by atoms with E-state index in [-0.39, 0.29) is 0 Å². The Morgan fingerprint density at radius 2 is 2.05 bits per heavy atom. The van der Waals surface area contributed by atoms with Crippen molar-refractivity contribution in [3.8, 4) is 0 Å². The van der Waals surface area contributed by atoms with Gasteiger partial charge in [-0.3, -0.25) is 10.1 Å². The van der Waals surface area contributed by atoms with Crippen LogP contribution in [0.3, 0.4) is 0 Å². The van der Waals surface area contributed by atoms with E-state index < -0.39 is 24.5 Å². The Balaban J connectivity index is 2.63. The molecule has 0 atom stereocenters. The van der Waals surface area contributed by atoms with E-state index in [9.17, 15) is 14.4 Å². The summed E-state index contributed by atoms with van der Waals surface area (Å²) in [5.41, 5.74) is 5.91. The summed E-state index contributed by atoms with van der Waals surface area (Å²) in [7, 11) is 0. The van der Waals surface area contributed by atoms with E-state index in [1.54, 1.807) is 6.07 Å². The first-order chi connectivity index (χ1) is 9.47. The number of hydrogen-bond donors (Lipinski definition) is 2. The predicted molar refractivity (Wildman–Crippen MR) is 75.7 cm³/mol. The Kier molecular flexibility index (Phi) is 6.17. The normalized spacial score (nSPS) is 10.1. The summed E-state index contributed by atoms with van der Waals surface area (Å²) >= 11 is 1.38. The van der Waals surface area contributed by atoms with Crippen molar-refractivity contribution in [1.82, 2.24) is 5.32 Å². The highest BCUT2D eigenvalue weighted by atomic mass is 32.1. The Morgan fingerprint density at radius 1 is 1.35 bits per heavy atom. The zero-order valence-electron chi connectivity index (χ0n) is 11.5. The van der Waals surface area contributed by atoms with Gasteiger partial charge in [0, 0.05) is 4.88 Å². The van der Waals surface area contributed by atoms with Gasteiger partial charge in [-0.25, -0.2) is 9.59 Å². The molecular formula is C13H18N2O4S. The van der Waals surface area contributed by atoms with E-state index in [2.05, 4.69) is 6.92 Å². The van der Waals surface area contributed by atoms with Gasteiger partial charge in [-0.05, 0) is 24.5 Å². The third-order valence-corrected chi connectivity index (χ3v) is 3.77. The van der Waals surface area contributed by atoms with Crippen LogP contribution in [0.2, 0.25) is 0 Å². The van der Waals surface area contributed by atoms with Gasteiger partial charge in [-0.1, -0.05) is 20.3 Å². The van der Waals surface area contributed by atoms with Crippen molar-refractivity contribution in [3.05, 3.63) is 21.4 Å². The molecule has 3 N–H and O–H groups in total. The standard InChI is InChI=1S/C13H18N2O4S/c1-3-5-9-8(4-2)6-10(20-9)12(17)19-7-11(16)15-13(14)18/h6H,3-5,7H2,1-2H3,(H3,14,15,16,18). The van der Waals surface area contributed by atoms with Crippen LogP contribution >= 0.6 is 11.3 Å². The van der Waals surface area contributed by atoms with Crippen molar-refractivity contribution in [2.45, 2.75) is 33.1 Å². The van der Waals surface area contributed by atoms with Gasteiger partial charge < -0.3 is 10.5 Å². The molecule has 1 aromatic heterocycles. The highest BCUT2D eigenvalue weighted by Gasteiger charge is 2.16. The van der Waals surface area contributed by atoms with E-state index in [0.29, 0.717) is 4.88 Å². The molecule has 1 heterocycles. The average Bonchev–Trinajstić information content (AvgIpc) is 2.79. The number of primary amides is 1. The summed E-state index contributed by atoms with van der Waals surface area (Å²) in [6.07, 6.45) is 2.77. The molecule has 0 aromatic carbocycles. The third-order valence-electron chi connectivity index (χ3n) is 2.55. The Bertz CT molecular complexity index is 510. The summed E-state index contributed by atoms with van der Waals surface area (Å²) < 4.78 is 4.83. The molecule has 6 nitrogen and oxygen atoms in total. The number of carbonyl (C=O) groups is 3. The van der Waals surface area contributed by atoms with Gasteiger partial charge >= 0.3 is 12.0 Å². The van der Waals surface area contributed by atoms with Crippen LogP contribution in [0.15, 0.2) is 6.07 Å². The van der Waals surface area contributed by atoms with Crippen LogP contribution in [0, 0.1) is 0 Å². The van der Waals surface area contributed by atoms with Gasteiger partial charge in [0.25, 0.3) is 5.91 Å². The maximum absolute atomic E-state index is 11.8. The summed E-state index contributed by atoms with van der Waals surface area (Å²) in [5, 5.41) is 1.82. The molecule has 0 bridgehead atoms. The van der Waals surface area contributed by atoms with Crippen LogP contribution in [0.1, 0.15) is 40.4 Å². The van der Waals surface area contributed by atoms with Gasteiger partial charge in [-0.2, -0.15) is 0 Å². The minimum absolute atomic E-state index is 0.470. The average molecular weight is 298 g/mol. The Morgan fingerprint density at radius 3 is 2.60 bits per heavy atom. The van der Waals surface area contributed by atoms with Crippen LogP contribution in [0.5, 0.6) is 0 Å². The van der Waals surface area contributed by atoms with E-state index in [4.69, 9.17) is 10.5 Å². The van der Waals surface area contributed by atoms with Crippen LogP contribution in [0.4, 0.5) is 4.79 Å². The smallest absolute Gasteiger partial charge is 0.348 e. The lowest BCUT2D eigenvalue weighted by Gasteiger charge is -2.02. The lowest BCUT2D eigenvalue weighted by molar-refractivity contribution is -0.123. The van der Waals surface area contributed by atoms with Crippen LogP contribution in [-0.2, 0) is 22.4 Å². The van der Waals surface area contributed by atoms with Crippen LogP contribution < -0.4 is 11.1 Å². The Labute approximate surface area is 121 Å². The largest absolute Gasteiger partial charge is 0.451 e. The number of aryl methyl sites for hydroxylation is 2. The number of rotatable bonds is 6. The summed E-state index contributed by atoms with van der Waals surface area (Å²) in [4.78, 5) is 35.0. The number of esters is 1. The molecule has 0 saturated heterocycles. The maximum atomic E-state index is 11.8. The summed E-state index contributed by atoms with van der Waals surface area (Å²) in [5.74, 6) is -1.31. The summed E-state index contributed by atoms with van der Waals surface area (Å²) in [6, 6.07) is 0.824. The first-order valence-electron chi connectivity index (χ1n) is 6.35. The van der Waals surface area contributed by atoms with Crippen molar-refractivity contribution >= 4 is 29.2 Å². The molecule has 0 aliphatic heterocycles. The fourth-order valence-electron chi connectivity index (χ4n) is 1.68. The van der Waals surface area contributed by atoms with Crippen molar-refractivity contribution in [2.24, 2.45) is 5.73 Å². The van der Waals surface area contributed by atoms with Crippen LogP contribution in [0.25, 0.3) is 0 Å².